The molecule has 1 amide bonds. The number of hydrogen-bond acceptors (Lipinski definition) is 5. The fourth-order valence-electron chi connectivity index (χ4n) is 2.03. The van der Waals surface area contributed by atoms with E-state index in [2.05, 4.69) is 20.6 Å². The molecule has 0 aliphatic rings. The van der Waals surface area contributed by atoms with Gasteiger partial charge in [0.25, 0.3) is 5.91 Å². The van der Waals surface area contributed by atoms with Gasteiger partial charge in [-0.1, -0.05) is 25.4 Å². The van der Waals surface area contributed by atoms with Crippen molar-refractivity contribution in [3.8, 4) is 5.75 Å². The molecule has 0 bridgehead atoms. The van der Waals surface area contributed by atoms with E-state index in [0.29, 0.717) is 46.3 Å². The number of hydrogen-bond donors (Lipinski definition) is 2. The van der Waals surface area contributed by atoms with E-state index >= 15 is 0 Å². The highest BCUT2D eigenvalue weighted by Gasteiger charge is 2.12. The minimum Gasteiger partial charge on any atom is -0.495 e. The topological polar surface area (TPSA) is 76.1 Å². The van der Waals surface area contributed by atoms with E-state index in [4.69, 9.17) is 16.3 Å². The summed E-state index contributed by atoms with van der Waals surface area (Å²) in [6, 6.07) is 6.84. The number of anilines is 2. The van der Waals surface area contributed by atoms with Crippen LogP contribution in [0.4, 0.5) is 11.6 Å². The number of benzene rings is 1. The first kappa shape index (κ1) is 18.0. The molecule has 1 heterocycles. The van der Waals surface area contributed by atoms with Crippen LogP contribution in [0.1, 0.15) is 30.0 Å². The van der Waals surface area contributed by atoms with Crippen LogP contribution in [0.2, 0.25) is 5.02 Å². The largest absolute Gasteiger partial charge is 0.495 e. The molecule has 0 unspecified atom stereocenters. The Hall–Kier alpha value is -2.34. The first-order valence-electron chi connectivity index (χ1n) is 7.63. The van der Waals surface area contributed by atoms with E-state index in [1.165, 1.54) is 0 Å². The lowest BCUT2D eigenvalue weighted by Crippen LogP contribution is -2.28. The smallest absolute Gasteiger partial charge is 0.270 e. The van der Waals surface area contributed by atoms with Crippen molar-refractivity contribution in [2.45, 2.75) is 20.8 Å². The number of ether oxygens (including phenoxy) is 1. The molecule has 2 N–H and O–H groups in total. The Morgan fingerprint density at radius 3 is 2.71 bits per heavy atom. The van der Waals surface area contributed by atoms with E-state index in [1.54, 1.807) is 38.3 Å². The second kappa shape index (κ2) is 7.97. The zero-order valence-electron chi connectivity index (χ0n) is 14.2. The predicted molar refractivity (Wildman–Crippen MR) is 95.2 cm³/mol. The third-order valence-corrected chi connectivity index (χ3v) is 3.40. The summed E-state index contributed by atoms with van der Waals surface area (Å²) < 4.78 is 5.29. The van der Waals surface area contributed by atoms with E-state index in [0.717, 1.165) is 0 Å². The van der Waals surface area contributed by atoms with Crippen molar-refractivity contribution in [2.24, 2.45) is 5.92 Å². The molecule has 0 fully saturated rings. The maximum atomic E-state index is 12.2. The second-order valence-electron chi connectivity index (χ2n) is 5.79. The molecular formula is C17H21ClN4O2. The van der Waals surface area contributed by atoms with E-state index in [1.807, 2.05) is 13.8 Å². The lowest BCUT2D eigenvalue weighted by atomic mass is 10.2. The molecule has 24 heavy (non-hydrogen) atoms. The highest BCUT2D eigenvalue weighted by atomic mass is 35.5. The average Bonchev–Trinajstić information content (AvgIpc) is 2.52. The Bertz CT molecular complexity index is 735. The highest BCUT2D eigenvalue weighted by molar-refractivity contribution is 6.31. The van der Waals surface area contributed by atoms with Gasteiger partial charge in [-0.3, -0.25) is 4.79 Å². The molecule has 0 atom stereocenters. The second-order valence-corrected chi connectivity index (χ2v) is 6.23. The Morgan fingerprint density at radius 1 is 1.29 bits per heavy atom. The van der Waals surface area contributed by atoms with Gasteiger partial charge in [0.05, 0.1) is 12.8 Å². The number of aryl methyl sites for hydroxylation is 1. The van der Waals surface area contributed by atoms with Crippen LogP contribution in [0, 0.1) is 12.8 Å². The van der Waals surface area contributed by atoms with E-state index in [-0.39, 0.29) is 5.91 Å². The first-order valence-corrected chi connectivity index (χ1v) is 8.01. The van der Waals surface area contributed by atoms with Gasteiger partial charge in [-0.15, -0.1) is 0 Å². The summed E-state index contributed by atoms with van der Waals surface area (Å²) in [5.74, 6) is 1.06. The Kier molecular flexibility index (Phi) is 5.98. The van der Waals surface area contributed by atoms with Crippen LogP contribution in [-0.4, -0.2) is 29.5 Å². The number of aromatic nitrogens is 2. The van der Waals surface area contributed by atoms with Gasteiger partial charge in [0.15, 0.2) is 0 Å². The van der Waals surface area contributed by atoms with Gasteiger partial charge in [0.2, 0.25) is 5.95 Å². The lowest BCUT2D eigenvalue weighted by molar-refractivity contribution is 0.0944. The summed E-state index contributed by atoms with van der Waals surface area (Å²) in [7, 11) is 1.57. The monoisotopic (exact) mass is 348 g/mol. The van der Waals surface area contributed by atoms with Gasteiger partial charge < -0.3 is 15.4 Å². The number of nitrogens with zero attached hydrogens (tertiary/aromatic N) is 2. The van der Waals surface area contributed by atoms with Gasteiger partial charge >= 0.3 is 0 Å². The standard InChI is InChI=1S/C17H21ClN4O2/c1-10(2)9-19-16(23)14-7-11(3)20-17(22-14)21-13-8-12(18)5-6-15(13)24-4/h5-8,10H,9H2,1-4H3,(H,19,23)(H,20,21,22). The highest BCUT2D eigenvalue weighted by Crippen LogP contribution is 2.29. The Balaban J connectivity index is 2.25. The van der Waals surface area contributed by atoms with Crippen LogP contribution >= 0.6 is 11.6 Å². The van der Waals surface area contributed by atoms with Crippen molar-refractivity contribution in [2.75, 3.05) is 19.0 Å². The molecule has 0 aliphatic carbocycles. The fourth-order valence-corrected chi connectivity index (χ4v) is 2.20. The minimum absolute atomic E-state index is 0.227. The SMILES string of the molecule is COc1ccc(Cl)cc1Nc1nc(C)cc(C(=O)NCC(C)C)n1. The normalized spacial score (nSPS) is 10.6. The lowest BCUT2D eigenvalue weighted by Gasteiger charge is -2.12. The molecule has 2 aromatic rings. The molecule has 128 valence electrons. The fraction of sp³-hybridized carbons (Fsp3) is 0.353. The van der Waals surface area contributed by atoms with Gasteiger partial charge in [-0.25, -0.2) is 9.97 Å². The van der Waals surface area contributed by atoms with Crippen LogP contribution < -0.4 is 15.4 Å². The number of amides is 1. The Morgan fingerprint density at radius 2 is 2.04 bits per heavy atom. The van der Waals surface area contributed by atoms with Crippen molar-refractivity contribution in [1.29, 1.82) is 0 Å². The molecule has 7 heteroatoms. The van der Waals surface area contributed by atoms with Crippen molar-refractivity contribution in [1.82, 2.24) is 15.3 Å². The number of methoxy groups -OCH3 is 1. The minimum atomic E-state index is -0.227. The number of carbonyl (C=O) groups is 1. The quantitative estimate of drug-likeness (QED) is 0.834. The summed E-state index contributed by atoms with van der Waals surface area (Å²) in [4.78, 5) is 20.8. The summed E-state index contributed by atoms with van der Waals surface area (Å²) in [6.45, 7) is 6.46. The van der Waals surface area contributed by atoms with Crippen molar-refractivity contribution < 1.29 is 9.53 Å². The summed E-state index contributed by atoms with van der Waals surface area (Å²) in [6.07, 6.45) is 0. The number of carbonyl (C=O) groups excluding carboxylic acids is 1. The van der Waals surface area contributed by atoms with E-state index in [9.17, 15) is 4.79 Å². The molecule has 2 rings (SSSR count). The van der Waals surface area contributed by atoms with Crippen LogP contribution in [0.25, 0.3) is 0 Å². The number of rotatable bonds is 6. The molecule has 0 saturated carbocycles. The van der Waals surface area contributed by atoms with Crippen LogP contribution in [0.3, 0.4) is 0 Å². The van der Waals surface area contributed by atoms with Crippen LogP contribution in [0.5, 0.6) is 5.75 Å². The third kappa shape index (κ3) is 4.83. The van der Waals surface area contributed by atoms with Crippen molar-refractivity contribution in [3.63, 3.8) is 0 Å². The number of nitrogens with one attached hydrogen (secondary N) is 2. The molecule has 6 nitrogen and oxygen atoms in total. The van der Waals surface area contributed by atoms with Crippen molar-refractivity contribution in [3.05, 3.63) is 40.7 Å². The number of halogens is 1. The van der Waals surface area contributed by atoms with Crippen LogP contribution in [0.15, 0.2) is 24.3 Å². The van der Waals surface area contributed by atoms with Gasteiger partial charge in [0.1, 0.15) is 11.4 Å². The zero-order chi connectivity index (χ0) is 17.7. The molecule has 0 radical (unpaired) electrons. The summed E-state index contributed by atoms with van der Waals surface area (Å²) in [5, 5.41) is 6.46. The maximum Gasteiger partial charge on any atom is 0.270 e. The van der Waals surface area contributed by atoms with Gasteiger partial charge in [-0.05, 0) is 37.1 Å². The first-order chi connectivity index (χ1) is 11.4. The third-order valence-electron chi connectivity index (χ3n) is 3.17. The van der Waals surface area contributed by atoms with Crippen LogP contribution in [-0.2, 0) is 0 Å². The zero-order valence-corrected chi connectivity index (χ0v) is 14.9. The predicted octanol–water partition coefficient (Wildman–Crippen LogP) is 3.58. The molecule has 0 saturated heterocycles. The molecule has 1 aromatic heterocycles. The molecule has 0 aliphatic heterocycles. The summed E-state index contributed by atoms with van der Waals surface area (Å²) in [5.41, 5.74) is 1.62. The molecule has 1 aromatic carbocycles. The Labute approximate surface area is 146 Å². The molecular weight excluding hydrogens is 328 g/mol. The van der Waals surface area contributed by atoms with Gasteiger partial charge in [0, 0.05) is 17.3 Å². The maximum absolute atomic E-state index is 12.2. The van der Waals surface area contributed by atoms with Gasteiger partial charge in [-0.2, -0.15) is 0 Å². The molecule has 0 spiro atoms. The van der Waals surface area contributed by atoms with Crippen molar-refractivity contribution >= 4 is 29.1 Å². The van der Waals surface area contributed by atoms with E-state index < -0.39 is 0 Å². The summed E-state index contributed by atoms with van der Waals surface area (Å²) >= 11 is 6.02. The average molecular weight is 349 g/mol.